The molecule has 1 aliphatic carbocycles. The van der Waals surface area contributed by atoms with Crippen molar-refractivity contribution in [3.8, 4) is 0 Å². The van der Waals surface area contributed by atoms with Gasteiger partial charge in [-0.2, -0.15) is 0 Å². The summed E-state index contributed by atoms with van der Waals surface area (Å²) in [4.78, 5) is 4.42. The van der Waals surface area contributed by atoms with Gasteiger partial charge in [0, 0.05) is 5.56 Å². The van der Waals surface area contributed by atoms with E-state index in [0.717, 1.165) is 37.8 Å². The van der Waals surface area contributed by atoms with Gasteiger partial charge in [0.25, 0.3) is 0 Å². The third-order valence-corrected chi connectivity index (χ3v) is 3.53. The lowest BCUT2D eigenvalue weighted by molar-refractivity contribution is 0.446. The van der Waals surface area contributed by atoms with Gasteiger partial charge in [0.1, 0.15) is 5.84 Å². The minimum Gasteiger partial charge on any atom is -0.308 e. The molecule has 1 saturated carbocycles. The van der Waals surface area contributed by atoms with Crippen LogP contribution in [0.4, 0.5) is 13.2 Å². The van der Waals surface area contributed by atoms with Crippen molar-refractivity contribution in [2.24, 2.45) is 10.8 Å². The highest BCUT2D eigenvalue weighted by molar-refractivity contribution is 5.98. The van der Waals surface area contributed by atoms with Gasteiger partial charge in [-0.15, -0.1) is 0 Å². The lowest BCUT2D eigenvalue weighted by Crippen LogP contribution is -2.32. The molecule has 6 heteroatoms. The number of hydrogen-bond donors (Lipinski definition) is 2. The molecule has 0 amide bonds. The Morgan fingerprint density at radius 3 is 2.10 bits per heavy atom. The van der Waals surface area contributed by atoms with Crippen LogP contribution in [0.3, 0.4) is 0 Å². The molecule has 1 aromatic carbocycles. The Labute approximate surface area is 116 Å². The van der Waals surface area contributed by atoms with E-state index >= 15 is 0 Å². The summed E-state index contributed by atoms with van der Waals surface area (Å²) in [5.74, 6) is 1.59. The second-order valence-corrected chi connectivity index (χ2v) is 5.02. The van der Waals surface area contributed by atoms with Gasteiger partial charge in [-0.25, -0.2) is 19.0 Å². The summed E-state index contributed by atoms with van der Waals surface area (Å²) in [5.41, 5.74) is 2.47. The molecular formula is C14H18F3N3. The number of nitrogens with one attached hydrogen (secondary N) is 1. The highest BCUT2D eigenvalue weighted by Crippen LogP contribution is 2.21. The molecule has 0 spiro atoms. The minimum atomic E-state index is -1.49. The molecule has 0 atom stereocenters. The normalized spacial score (nSPS) is 17.9. The zero-order valence-corrected chi connectivity index (χ0v) is 11.1. The molecule has 1 aliphatic rings. The van der Waals surface area contributed by atoms with Gasteiger partial charge >= 0.3 is 0 Å². The fraction of sp³-hybridized carbons (Fsp3) is 0.500. The Morgan fingerprint density at radius 2 is 1.60 bits per heavy atom. The standard InChI is InChI=1S/C14H18F3N3/c15-11-7-9(8-12(16)13(11)17)14(20-18)19-10-5-3-1-2-4-6-10/h7-8,10H,1-6,18H2,(H,19,20). The average Bonchev–Trinajstić information content (AvgIpc) is 2.70. The molecule has 1 fully saturated rings. The Bertz CT molecular complexity index is 471. The zero-order chi connectivity index (χ0) is 14.5. The summed E-state index contributed by atoms with van der Waals surface area (Å²) in [6.45, 7) is 0. The van der Waals surface area contributed by atoms with Gasteiger partial charge in [-0.05, 0) is 25.0 Å². The van der Waals surface area contributed by atoms with Crippen LogP contribution in [-0.4, -0.2) is 11.9 Å². The van der Waals surface area contributed by atoms with Gasteiger partial charge < -0.3 is 5.43 Å². The molecule has 3 nitrogen and oxygen atoms in total. The first-order chi connectivity index (χ1) is 9.61. The van der Waals surface area contributed by atoms with Crippen LogP contribution in [0, 0.1) is 17.5 Å². The Morgan fingerprint density at radius 1 is 1.05 bits per heavy atom. The van der Waals surface area contributed by atoms with Crippen LogP contribution < -0.4 is 11.3 Å². The fourth-order valence-electron chi connectivity index (χ4n) is 2.46. The number of aliphatic imine (C=N–C) groups is 1. The third kappa shape index (κ3) is 3.50. The molecule has 20 heavy (non-hydrogen) atoms. The van der Waals surface area contributed by atoms with Crippen LogP contribution >= 0.6 is 0 Å². The van der Waals surface area contributed by atoms with Gasteiger partial charge in [-0.1, -0.05) is 25.7 Å². The topological polar surface area (TPSA) is 50.4 Å². The van der Waals surface area contributed by atoms with Gasteiger partial charge in [0.15, 0.2) is 17.5 Å². The van der Waals surface area contributed by atoms with E-state index in [1.54, 1.807) is 0 Å². The number of rotatable bonds is 2. The van der Waals surface area contributed by atoms with Crippen LogP contribution in [0.2, 0.25) is 0 Å². The molecule has 0 aromatic heterocycles. The highest BCUT2D eigenvalue weighted by Gasteiger charge is 2.16. The lowest BCUT2D eigenvalue weighted by atomic mass is 10.1. The number of halogens is 3. The van der Waals surface area contributed by atoms with Gasteiger partial charge in [-0.3, -0.25) is 4.99 Å². The summed E-state index contributed by atoms with van der Waals surface area (Å²) in [6, 6.07) is 1.88. The molecule has 0 radical (unpaired) electrons. The first-order valence-corrected chi connectivity index (χ1v) is 6.81. The van der Waals surface area contributed by atoms with Crippen molar-refractivity contribution in [3.63, 3.8) is 0 Å². The van der Waals surface area contributed by atoms with Crippen LogP contribution in [0.25, 0.3) is 0 Å². The largest absolute Gasteiger partial charge is 0.308 e. The molecule has 3 N–H and O–H groups in total. The highest BCUT2D eigenvalue weighted by atomic mass is 19.2. The first kappa shape index (κ1) is 14.8. The third-order valence-electron chi connectivity index (χ3n) is 3.53. The van der Waals surface area contributed by atoms with E-state index in [0.29, 0.717) is 0 Å². The number of nitrogens with zero attached hydrogens (tertiary/aromatic N) is 1. The van der Waals surface area contributed by atoms with Gasteiger partial charge in [0.05, 0.1) is 6.04 Å². The van der Waals surface area contributed by atoms with E-state index in [4.69, 9.17) is 5.84 Å². The zero-order valence-electron chi connectivity index (χ0n) is 11.1. The van der Waals surface area contributed by atoms with Crippen LogP contribution in [0.1, 0.15) is 44.1 Å². The summed E-state index contributed by atoms with van der Waals surface area (Å²) in [7, 11) is 0. The van der Waals surface area contributed by atoms with Crippen LogP contribution in [0.5, 0.6) is 0 Å². The number of hydrogen-bond acceptors (Lipinski definition) is 2. The van der Waals surface area contributed by atoms with Crippen molar-refractivity contribution in [3.05, 3.63) is 35.1 Å². The Hall–Kier alpha value is -1.56. The summed E-state index contributed by atoms with van der Waals surface area (Å²) in [6.07, 6.45) is 6.37. The smallest absolute Gasteiger partial charge is 0.194 e. The number of benzene rings is 1. The molecule has 0 aliphatic heterocycles. The quantitative estimate of drug-likeness (QED) is 0.219. The van der Waals surface area contributed by atoms with Crippen LogP contribution in [0.15, 0.2) is 17.1 Å². The summed E-state index contributed by atoms with van der Waals surface area (Å²) < 4.78 is 39.4. The predicted octanol–water partition coefficient (Wildman–Crippen LogP) is 3.04. The molecule has 0 saturated heterocycles. The number of amidine groups is 1. The van der Waals surface area contributed by atoms with E-state index in [9.17, 15) is 13.2 Å². The molecule has 2 rings (SSSR count). The molecule has 0 unspecified atom stereocenters. The van der Waals surface area contributed by atoms with E-state index in [-0.39, 0.29) is 17.4 Å². The number of hydrazine groups is 1. The second kappa shape index (κ2) is 6.74. The Kier molecular flexibility index (Phi) is 5.00. The monoisotopic (exact) mass is 285 g/mol. The maximum Gasteiger partial charge on any atom is 0.194 e. The molecule has 110 valence electrons. The summed E-state index contributed by atoms with van der Waals surface area (Å²) >= 11 is 0. The van der Waals surface area contributed by atoms with Crippen LogP contribution in [-0.2, 0) is 0 Å². The number of nitrogens with two attached hydrogens (primary N) is 1. The van der Waals surface area contributed by atoms with E-state index < -0.39 is 17.5 Å². The van der Waals surface area contributed by atoms with Gasteiger partial charge in [0.2, 0.25) is 0 Å². The first-order valence-electron chi connectivity index (χ1n) is 6.81. The Balaban J connectivity index is 2.26. The van der Waals surface area contributed by atoms with E-state index in [1.807, 2.05) is 0 Å². The molecule has 0 heterocycles. The SMILES string of the molecule is NNC(=NC1CCCCCC1)c1cc(F)c(F)c(F)c1. The van der Waals surface area contributed by atoms with Crippen molar-refractivity contribution >= 4 is 5.84 Å². The molecular weight excluding hydrogens is 267 g/mol. The minimum absolute atomic E-state index is 0.0831. The van der Waals surface area contributed by atoms with Crippen molar-refractivity contribution in [1.82, 2.24) is 5.43 Å². The maximum atomic E-state index is 13.2. The van der Waals surface area contributed by atoms with E-state index in [2.05, 4.69) is 10.4 Å². The van der Waals surface area contributed by atoms with Crippen molar-refractivity contribution in [1.29, 1.82) is 0 Å². The second-order valence-electron chi connectivity index (χ2n) is 5.02. The fourth-order valence-corrected chi connectivity index (χ4v) is 2.46. The molecule has 0 bridgehead atoms. The van der Waals surface area contributed by atoms with Crippen molar-refractivity contribution < 1.29 is 13.2 Å². The maximum absolute atomic E-state index is 13.2. The predicted molar refractivity (Wildman–Crippen MR) is 71.7 cm³/mol. The summed E-state index contributed by atoms with van der Waals surface area (Å²) in [5, 5.41) is 0. The lowest BCUT2D eigenvalue weighted by Gasteiger charge is -2.13. The average molecular weight is 285 g/mol. The van der Waals surface area contributed by atoms with E-state index in [1.165, 1.54) is 12.8 Å². The van der Waals surface area contributed by atoms with Crippen molar-refractivity contribution in [2.75, 3.05) is 0 Å². The molecule has 1 aromatic rings. The van der Waals surface area contributed by atoms with Crippen molar-refractivity contribution in [2.45, 2.75) is 44.6 Å².